The van der Waals surface area contributed by atoms with Gasteiger partial charge in [0.25, 0.3) is 5.56 Å². The number of nitrogens with zero attached hydrogens (tertiary/aromatic N) is 4. The van der Waals surface area contributed by atoms with E-state index in [4.69, 9.17) is 16.6 Å². The van der Waals surface area contributed by atoms with E-state index in [9.17, 15) is 4.79 Å². The zero-order valence-electron chi connectivity index (χ0n) is 19.6. The maximum absolute atomic E-state index is 13.7. The molecular weight excluding hydrogens is 458 g/mol. The number of imidazole rings is 1. The topological polar surface area (TPSA) is 64.7 Å². The third kappa shape index (κ3) is 4.76. The minimum atomic E-state index is -0.232. The van der Waals surface area contributed by atoms with Crippen LogP contribution in [0.1, 0.15) is 19.4 Å². The van der Waals surface area contributed by atoms with E-state index in [0.29, 0.717) is 33.6 Å². The maximum Gasteiger partial charge on any atom is 0.286 e. The quantitative estimate of drug-likeness (QED) is 0.325. The zero-order valence-corrected chi connectivity index (χ0v) is 20.4. The largest absolute Gasteiger partial charge is 0.312 e. The summed E-state index contributed by atoms with van der Waals surface area (Å²) in [5, 5.41) is 4.06. The van der Waals surface area contributed by atoms with Gasteiger partial charge in [0.2, 0.25) is 0 Å². The number of rotatable bonds is 7. The van der Waals surface area contributed by atoms with E-state index in [0.717, 1.165) is 24.3 Å². The highest BCUT2D eigenvalue weighted by atomic mass is 35.5. The highest BCUT2D eigenvalue weighted by molar-refractivity contribution is 6.30. The summed E-state index contributed by atoms with van der Waals surface area (Å²) in [5.74, 6) is 1.14. The molecule has 0 atom stereocenters. The van der Waals surface area contributed by atoms with E-state index in [1.165, 1.54) is 5.56 Å². The normalized spacial score (nSPS) is 11.4. The summed E-state index contributed by atoms with van der Waals surface area (Å²) >= 11 is 6.12. The summed E-state index contributed by atoms with van der Waals surface area (Å²) < 4.78 is 3.45. The predicted molar refractivity (Wildman–Crippen MR) is 141 cm³/mol. The van der Waals surface area contributed by atoms with Crippen molar-refractivity contribution in [1.82, 2.24) is 24.4 Å². The van der Waals surface area contributed by atoms with Crippen LogP contribution in [0.2, 0.25) is 5.02 Å². The van der Waals surface area contributed by atoms with Gasteiger partial charge in [0, 0.05) is 22.8 Å². The molecule has 0 bridgehead atoms. The minimum Gasteiger partial charge on any atom is -0.312 e. The Labute approximate surface area is 208 Å². The van der Waals surface area contributed by atoms with Gasteiger partial charge in [-0.1, -0.05) is 67.9 Å². The van der Waals surface area contributed by atoms with Gasteiger partial charge in [-0.2, -0.15) is 0 Å². The molecule has 7 heteroatoms. The molecule has 0 radical (unpaired) electrons. The summed E-state index contributed by atoms with van der Waals surface area (Å²) in [5.41, 5.74) is 4.18. The van der Waals surface area contributed by atoms with Crippen LogP contribution < -0.4 is 10.9 Å². The van der Waals surface area contributed by atoms with Crippen LogP contribution in [0.25, 0.3) is 33.9 Å². The van der Waals surface area contributed by atoms with Crippen molar-refractivity contribution in [3.8, 4) is 22.8 Å². The first-order valence-electron chi connectivity index (χ1n) is 11.6. The Hall–Kier alpha value is -3.74. The molecule has 0 spiro atoms. The number of hydrogen-bond acceptors (Lipinski definition) is 4. The van der Waals surface area contributed by atoms with Gasteiger partial charge in [0.05, 0.1) is 5.69 Å². The molecule has 0 aliphatic rings. The minimum absolute atomic E-state index is 0.232. The van der Waals surface area contributed by atoms with Crippen LogP contribution in [0.15, 0.2) is 90.0 Å². The second kappa shape index (κ2) is 9.86. The van der Waals surface area contributed by atoms with Gasteiger partial charge in [-0.15, -0.1) is 0 Å². The number of hydrogen-bond donors (Lipinski definition) is 1. The van der Waals surface area contributed by atoms with Crippen LogP contribution >= 0.6 is 11.6 Å². The molecule has 0 aliphatic carbocycles. The smallest absolute Gasteiger partial charge is 0.286 e. The Morgan fingerprint density at radius 3 is 2.31 bits per heavy atom. The summed E-state index contributed by atoms with van der Waals surface area (Å²) in [6.07, 6.45) is 1.65. The van der Waals surface area contributed by atoms with Crippen LogP contribution in [0.3, 0.4) is 0 Å². The van der Waals surface area contributed by atoms with Crippen molar-refractivity contribution in [3.63, 3.8) is 0 Å². The number of fused-ring (bicyclic) bond motifs is 1. The van der Waals surface area contributed by atoms with E-state index in [1.54, 1.807) is 23.0 Å². The molecule has 0 aliphatic heterocycles. The molecule has 35 heavy (non-hydrogen) atoms. The average Bonchev–Trinajstić information content (AvgIpc) is 3.30. The van der Waals surface area contributed by atoms with Crippen molar-refractivity contribution in [2.45, 2.75) is 20.4 Å². The second-order valence-electron chi connectivity index (χ2n) is 8.90. The molecule has 0 saturated heterocycles. The Morgan fingerprint density at radius 1 is 0.914 bits per heavy atom. The third-order valence-corrected chi connectivity index (χ3v) is 6.04. The number of nitrogens with one attached hydrogen (secondary N) is 1. The first-order chi connectivity index (χ1) is 17.0. The van der Waals surface area contributed by atoms with E-state index in [2.05, 4.69) is 36.3 Å². The first-order valence-corrected chi connectivity index (χ1v) is 12.0. The van der Waals surface area contributed by atoms with Crippen molar-refractivity contribution < 1.29 is 0 Å². The van der Waals surface area contributed by atoms with Crippen molar-refractivity contribution >= 4 is 22.8 Å². The molecule has 1 N–H and O–H groups in total. The van der Waals surface area contributed by atoms with Gasteiger partial charge in [-0.25, -0.2) is 9.97 Å². The predicted octanol–water partition coefficient (Wildman–Crippen LogP) is 5.64. The van der Waals surface area contributed by atoms with Crippen molar-refractivity contribution in [2.75, 3.05) is 6.54 Å². The van der Waals surface area contributed by atoms with Crippen molar-refractivity contribution in [2.24, 2.45) is 5.92 Å². The van der Waals surface area contributed by atoms with Crippen LogP contribution in [0.4, 0.5) is 0 Å². The average molecular weight is 484 g/mol. The second-order valence-corrected chi connectivity index (χ2v) is 9.33. The molecule has 6 nitrogen and oxygen atoms in total. The lowest BCUT2D eigenvalue weighted by Gasteiger charge is -2.14. The number of aromatic nitrogens is 4. The molecule has 5 rings (SSSR count). The van der Waals surface area contributed by atoms with E-state index in [-0.39, 0.29) is 5.56 Å². The molecule has 0 amide bonds. The fourth-order valence-electron chi connectivity index (χ4n) is 4.03. The Morgan fingerprint density at radius 2 is 1.63 bits per heavy atom. The highest BCUT2D eigenvalue weighted by Crippen LogP contribution is 2.24. The van der Waals surface area contributed by atoms with Crippen molar-refractivity contribution in [1.29, 1.82) is 0 Å². The third-order valence-electron chi connectivity index (χ3n) is 5.78. The SMILES string of the molecule is CC(C)CNCc1ccc(-c2nc3c(ncn3-c3ccccc3)c(=O)n2-c2ccc(Cl)cc2)cc1. The van der Waals surface area contributed by atoms with E-state index in [1.807, 2.05) is 59.2 Å². The Bertz CT molecular complexity index is 1500. The van der Waals surface area contributed by atoms with Crippen LogP contribution in [-0.2, 0) is 6.54 Å². The van der Waals surface area contributed by atoms with Gasteiger partial charge in [-0.3, -0.25) is 13.9 Å². The van der Waals surface area contributed by atoms with Crippen LogP contribution in [0.5, 0.6) is 0 Å². The lowest BCUT2D eigenvalue weighted by atomic mass is 10.1. The van der Waals surface area contributed by atoms with Gasteiger partial charge in [-0.05, 0) is 54.4 Å². The van der Waals surface area contributed by atoms with Gasteiger partial charge in [0.15, 0.2) is 11.2 Å². The Balaban J connectivity index is 1.66. The molecule has 0 fully saturated rings. The fraction of sp³-hybridized carbons (Fsp3) is 0.179. The maximum atomic E-state index is 13.7. The highest BCUT2D eigenvalue weighted by Gasteiger charge is 2.19. The molecule has 0 unspecified atom stereocenters. The van der Waals surface area contributed by atoms with Crippen LogP contribution in [-0.4, -0.2) is 25.6 Å². The summed E-state index contributed by atoms with van der Waals surface area (Å²) in [6, 6.07) is 25.1. The monoisotopic (exact) mass is 483 g/mol. The van der Waals surface area contributed by atoms with Crippen LogP contribution in [0, 0.1) is 5.92 Å². The first kappa shape index (κ1) is 23.0. The van der Waals surface area contributed by atoms with Crippen molar-refractivity contribution in [3.05, 3.63) is 106 Å². The summed E-state index contributed by atoms with van der Waals surface area (Å²) in [7, 11) is 0. The summed E-state index contributed by atoms with van der Waals surface area (Å²) in [4.78, 5) is 23.1. The number of halogens is 1. The van der Waals surface area contributed by atoms with Gasteiger partial charge in [0.1, 0.15) is 12.2 Å². The molecule has 2 aromatic heterocycles. The zero-order chi connectivity index (χ0) is 24.4. The summed E-state index contributed by atoms with van der Waals surface area (Å²) in [6.45, 7) is 6.12. The van der Waals surface area contributed by atoms with E-state index < -0.39 is 0 Å². The standard InChI is InChI=1S/C28H26ClN5O/c1-19(2)16-30-17-20-8-10-21(11-9-20)26-32-27-25(31-18-33(27)23-6-4-3-5-7-23)28(35)34(26)24-14-12-22(29)13-15-24/h3-15,18-19,30H,16-17H2,1-2H3. The molecule has 0 saturated carbocycles. The lowest BCUT2D eigenvalue weighted by Crippen LogP contribution is -2.22. The molecule has 5 aromatic rings. The van der Waals surface area contributed by atoms with Gasteiger partial charge >= 0.3 is 0 Å². The van der Waals surface area contributed by atoms with Gasteiger partial charge < -0.3 is 5.32 Å². The molecular formula is C28H26ClN5O. The number of para-hydroxylation sites is 1. The molecule has 2 heterocycles. The Kier molecular flexibility index (Phi) is 6.49. The lowest BCUT2D eigenvalue weighted by molar-refractivity contribution is 0.552. The molecule has 3 aromatic carbocycles. The fourth-order valence-corrected chi connectivity index (χ4v) is 4.16. The molecule has 176 valence electrons. The number of benzene rings is 3. The van der Waals surface area contributed by atoms with E-state index >= 15 is 0 Å².